The fourth-order valence-corrected chi connectivity index (χ4v) is 1.57. The normalized spacial score (nSPS) is 14.5. The van der Waals surface area contributed by atoms with Gasteiger partial charge in [0.2, 0.25) is 0 Å². The van der Waals surface area contributed by atoms with Crippen molar-refractivity contribution in [1.82, 2.24) is 5.32 Å². The van der Waals surface area contributed by atoms with E-state index in [1.807, 2.05) is 0 Å². The molecule has 19 heavy (non-hydrogen) atoms. The minimum absolute atomic E-state index is 0.0405. The summed E-state index contributed by atoms with van der Waals surface area (Å²) >= 11 is 0. The van der Waals surface area contributed by atoms with Crippen LogP contribution in [0.3, 0.4) is 0 Å². The van der Waals surface area contributed by atoms with Crippen LogP contribution in [0.2, 0.25) is 0 Å². The molecule has 0 aromatic heterocycles. The highest BCUT2D eigenvalue weighted by Crippen LogP contribution is 2.29. The number of benzene rings is 1. The molecule has 0 heterocycles. The zero-order valence-corrected chi connectivity index (χ0v) is 10.1. The molecule has 0 aliphatic carbocycles. The SMILES string of the molecule is CC(CC(F)(F)F)NCc1cccc(C(F)(F)F)c1. The van der Waals surface area contributed by atoms with Crippen molar-refractivity contribution in [3.8, 4) is 0 Å². The van der Waals surface area contributed by atoms with E-state index in [-0.39, 0.29) is 6.54 Å². The van der Waals surface area contributed by atoms with Crippen molar-refractivity contribution in [3.63, 3.8) is 0 Å². The molecule has 0 aliphatic rings. The monoisotopic (exact) mass is 285 g/mol. The van der Waals surface area contributed by atoms with Crippen LogP contribution in [0.4, 0.5) is 26.3 Å². The third-order valence-electron chi connectivity index (χ3n) is 2.45. The fourth-order valence-electron chi connectivity index (χ4n) is 1.57. The maximum absolute atomic E-state index is 12.4. The molecule has 0 saturated carbocycles. The van der Waals surface area contributed by atoms with Crippen LogP contribution in [-0.4, -0.2) is 12.2 Å². The number of nitrogens with one attached hydrogen (secondary N) is 1. The second kappa shape index (κ2) is 5.81. The van der Waals surface area contributed by atoms with Crippen LogP contribution in [0.15, 0.2) is 24.3 Å². The number of hydrogen-bond acceptors (Lipinski definition) is 1. The number of halogens is 6. The van der Waals surface area contributed by atoms with Gasteiger partial charge in [0.1, 0.15) is 0 Å². The number of alkyl halides is 6. The zero-order valence-electron chi connectivity index (χ0n) is 10.1. The Labute approximate surface area is 106 Å². The third kappa shape index (κ3) is 5.96. The Bertz CT molecular complexity index is 409. The molecule has 0 fully saturated rings. The standard InChI is InChI=1S/C12H13F6N/c1-8(6-11(13,14)15)19-7-9-3-2-4-10(5-9)12(16,17)18/h2-5,8,19H,6-7H2,1H3. The van der Waals surface area contributed by atoms with E-state index in [1.165, 1.54) is 19.1 Å². The van der Waals surface area contributed by atoms with Gasteiger partial charge in [0.15, 0.2) is 0 Å². The molecule has 1 rings (SSSR count). The topological polar surface area (TPSA) is 12.0 Å². The minimum Gasteiger partial charge on any atom is -0.310 e. The molecule has 1 unspecified atom stereocenters. The first-order chi connectivity index (χ1) is 8.58. The van der Waals surface area contributed by atoms with Crippen LogP contribution in [-0.2, 0) is 12.7 Å². The Morgan fingerprint density at radius 3 is 2.26 bits per heavy atom. The maximum atomic E-state index is 12.4. The summed E-state index contributed by atoms with van der Waals surface area (Å²) in [6, 6.07) is 3.65. The molecule has 1 atom stereocenters. The van der Waals surface area contributed by atoms with Gasteiger partial charge in [-0.15, -0.1) is 0 Å². The van der Waals surface area contributed by atoms with E-state index in [2.05, 4.69) is 5.32 Å². The predicted octanol–water partition coefficient (Wildman–Crippen LogP) is 4.14. The van der Waals surface area contributed by atoms with Gasteiger partial charge in [0.25, 0.3) is 0 Å². The molecule has 0 saturated heterocycles. The zero-order chi connectivity index (χ0) is 14.7. The Kier molecular flexibility index (Phi) is 4.84. The average Bonchev–Trinajstić information content (AvgIpc) is 2.23. The summed E-state index contributed by atoms with van der Waals surface area (Å²) in [5.74, 6) is 0. The van der Waals surface area contributed by atoms with Crippen molar-refractivity contribution < 1.29 is 26.3 Å². The molecular weight excluding hydrogens is 272 g/mol. The van der Waals surface area contributed by atoms with Crippen molar-refractivity contribution in [2.75, 3.05) is 0 Å². The summed E-state index contributed by atoms with van der Waals surface area (Å²) in [5.41, 5.74) is -0.515. The molecule has 0 radical (unpaired) electrons. The quantitative estimate of drug-likeness (QED) is 0.820. The van der Waals surface area contributed by atoms with Gasteiger partial charge in [0.05, 0.1) is 12.0 Å². The van der Waals surface area contributed by atoms with Crippen molar-refractivity contribution in [2.45, 2.75) is 38.3 Å². The van der Waals surface area contributed by atoms with E-state index in [0.29, 0.717) is 5.56 Å². The van der Waals surface area contributed by atoms with Crippen molar-refractivity contribution in [1.29, 1.82) is 0 Å². The Morgan fingerprint density at radius 2 is 1.74 bits per heavy atom. The van der Waals surface area contributed by atoms with E-state index >= 15 is 0 Å². The van der Waals surface area contributed by atoms with Crippen LogP contribution < -0.4 is 5.32 Å². The van der Waals surface area contributed by atoms with Gasteiger partial charge < -0.3 is 5.32 Å². The largest absolute Gasteiger partial charge is 0.416 e. The highest BCUT2D eigenvalue weighted by molar-refractivity contribution is 5.25. The van der Waals surface area contributed by atoms with E-state index in [9.17, 15) is 26.3 Å². The molecule has 7 heteroatoms. The molecular formula is C12H13F6N. The number of hydrogen-bond donors (Lipinski definition) is 1. The van der Waals surface area contributed by atoms with Crippen molar-refractivity contribution in [3.05, 3.63) is 35.4 Å². The first-order valence-electron chi connectivity index (χ1n) is 5.54. The molecule has 0 amide bonds. The molecule has 1 aromatic rings. The van der Waals surface area contributed by atoms with Crippen LogP contribution in [0.5, 0.6) is 0 Å². The smallest absolute Gasteiger partial charge is 0.310 e. The first kappa shape index (κ1) is 15.8. The molecule has 1 aromatic carbocycles. The molecule has 1 N–H and O–H groups in total. The first-order valence-corrected chi connectivity index (χ1v) is 5.54. The Morgan fingerprint density at radius 1 is 1.11 bits per heavy atom. The summed E-state index contributed by atoms with van der Waals surface area (Å²) in [4.78, 5) is 0. The van der Waals surface area contributed by atoms with Gasteiger partial charge >= 0.3 is 12.4 Å². The van der Waals surface area contributed by atoms with Gasteiger partial charge in [-0.3, -0.25) is 0 Å². The number of rotatable bonds is 4. The lowest BCUT2D eigenvalue weighted by molar-refractivity contribution is -0.139. The highest BCUT2D eigenvalue weighted by Gasteiger charge is 2.31. The Hall–Kier alpha value is -1.24. The summed E-state index contributed by atoms with van der Waals surface area (Å²) < 4.78 is 73.5. The molecule has 108 valence electrons. The minimum atomic E-state index is -4.45. The van der Waals surface area contributed by atoms with Crippen molar-refractivity contribution in [2.24, 2.45) is 0 Å². The summed E-state index contributed by atoms with van der Waals surface area (Å²) in [6.07, 6.45) is -9.76. The van der Waals surface area contributed by atoms with E-state index in [4.69, 9.17) is 0 Å². The molecule has 0 spiro atoms. The lowest BCUT2D eigenvalue weighted by Gasteiger charge is -2.16. The van der Waals surface area contributed by atoms with Crippen molar-refractivity contribution >= 4 is 0 Å². The second-order valence-electron chi connectivity index (χ2n) is 4.30. The van der Waals surface area contributed by atoms with Crippen LogP contribution in [0.1, 0.15) is 24.5 Å². The van der Waals surface area contributed by atoms with E-state index in [0.717, 1.165) is 12.1 Å². The predicted molar refractivity (Wildman–Crippen MR) is 58.4 cm³/mol. The van der Waals surface area contributed by atoms with E-state index in [1.54, 1.807) is 0 Å². The average molecular weight is 285 g/mol. The fraction of sp³-hybridized carbons (Fsp3) is 0.500. The molecule has 0 aliphatic heterocycles. The lowest BCUT2D eigenvalue weighted by Crippen LogP contribution is -2.30. The van der Waals surface area contributed by atoms with Gasteiger partial charge in [0, 0.05) is 12.6 Å². The van der Waals surface area contributed by atoms with Crippen LogP contribution in [0.25, 0.3) is 0 Å². The molecule has 0 bridgehead atoms. The lowest BCUT2D eigenvalue weighted by atomic mass is 10.1. The Balaban J connectivity index is 2.59. The molecule has 1 nitrogen and oxygen atoms in total. The third-order valence-corrected chi connectivity index (χ3v) is 2.45. The van der Waals surface area contributed by atoms with Gasteiger partial charge in [-0.1, -0.05) is 18.2 Å². The highest BCUT2D eigenvalue weighted by atomic mass is 19.4. The van der Waals surface area contributed by atoms with Gasteiger partial charge in [-0.2, -0.15) is 26.3 Å². The summed E-state index contributed by atoms with van der Waals surface area (Å²) in [7, 11) is 0. The summed E-state index contributed by atoms with van der Waals surface area (Å²) in [6.45, 7) is 1.29. The van der Waals surface area contributed by atoms with Gasteiger partial charge in [-0.25, -0.2) is 0 Å². The van der Waals surface area contributed by atoms with Crippen LogP contribution >= 0.6 is 0 Å². The second-order valence-corrected chi connectivity index (χ2v) is 4.30. The van der Waals surface area contributed by atoms with E-state index < -0.39 is 30.4 Å². The van der Waals surface area contributed by atoms with Gasteiger partial charge in [-0.05, 0) is 18.6 Å². The van der Waals surface area contributed by atoms with Crippen LogP contribution in [0, 0.1) is 0 Å². The maximum Gasteiger partial charge on any atom is 0.416 e. The summed E-state index contributed by atoms with van der Waals surface area (Å²) in [5, 5.41) is 2.55.